The smallest absolute Gasteiger partial charge is 0.0817 e. The van der Waals surface area contributed by atoms with Gasteiger partial charge in [0.05, 0.1) is 5.60 Å². The number of aliphatic hydroxyl groups is 1. The van der Waals surface area contributed by atoms with E-state index in [4.69, 9.17) is 4.74 Å². The van der Waals surface area contributed by atoms with Crippen LogP contribution in [-0.2, 0) is 4.74 Å². The van der Waals surface area contributed by atoms with Crippen LogP contribution in [0.15, 0.2) is 0 Å². The zero-order valence-electron chi connectivity index (χ0n) is 12.9. The summed E-state index contributed by atoms with van der Waals surface area (Å²) in [5.41, 5.74) is -0.189. The number of hydrogen-bond acceptors (Lipinski definition) is 4. The number of thiol groups is 1. The molecule has 0 amide bonds. The van der Waals surface area contributed by atoms with Crippen LogP contribution in [-0.4, -0.2) is 54.7 Å². The number of ether oxygens (including phenoxy) is 1. The minimum absolute atomic E-state index is 0.357. The lowest BCUT2D eigenvalue weighted by molar-refractivity contribution is -0.0801. The van der Waals surface area contributed by atoms with Crippen molar-refractivity contribution in [3.8, 4) is 0 Å². The molecule has 2 aliphatic rings. The van der Waals surface area contributed by atoms with E-state index in [0.717, 1.165) is 31.7 Å². The first kappa shape index (κ1) is 16.6. The highest BCUT2D eigenvalue weighted by Gasteiger charge is 2.35. The molecule has 1 saturated carbocycles. The van der Waals surface area contributed by atoms with Gasteiger partial charge in [-0.2, -0.15) is 12.6 Å². The Kier molecular flexibility index (Phi) is 6.21. The van der Waals surface area contributed by atoms with Crippen LogP contribution in [0.25, 0.3) is 0 Å². The molecule has 4 heteroatoms. The molecule has 0 atom stereocenters. The fraction of sp³-hybridized carbons (Fsp3) is 1.00. The largest absolute Gasteiger partial charge is 0.388 e. The normalized spacial score (nSPS) is 26.4. The van der Waals surface area contributed by atoms with Gasteiger partial charge >= 0.3 is 0 Å². The first-order chi connectivity index (χ1) is 9.58. The third-order valence-corrected chi connectivity index (χ3v) is 5.76. The number of likely N-dealkylation sites (N-methyl/N-ethyl adjacent to an activating group) is 1. The third kappa shape index (κ3) is 4.62. The summed E-state index contributed by atoms with van der Waals surface area (Å²) in [5.74, 6) is 0.971. The number of nitrogens with zero attached hydrogens (tertiary/aromatic N) is 1. The van der Waals surface area contributed by atoms with E-state index in [-0.39, 0.29) is 0 Å². The molecule has 1 aliphatic carbocycles. The lowest BCUT2D eigenvalue weighted by atomic mass is 9.81. The molecule has 0 aromatic rings. The monoisotopic (exact) mass is 301 g/mol. The van der Waals surface area contributed by atoms with E-state index in [1.54, 1.807) is 0 Å². The molecule has 0 spiro atoms. The third-order valence-electron chi connectivity index (χ3n) is 5.09. The molecule has 0 bridgehead atoms. The fourth-order valence-electron chi connectivity index (χ4n) is 3.89. The fourth-order valence-corrected chi connectivity index (χ4v) is 4.30. The Balaban J connectivity index is 1.89. The van der Waals surface area contributed by atoms with Crippen molar-refractivity contribution in [2.24, 2.45) is 5.41 Å². The predicted octanol–water partition coefficient (Wildman–Crippen LogP) is 2.73. The summed E-state index contributed by atoms with van der Waals surface area (Å²) in [7, 11) is 2.16. The Labute approximate surface area is 129 Å². The molecular formula is C16H31NO2S. The average Bonchev–Trinajstić information content (AvgIpc) is 2.65. The van der Waals surface area contributed by atoms with Crippen LogP contribution in [0.4, 0.5) is 0 Å². The Hall–Kier alpha value is 0.230. The first-order valence-corrected chi connectivity index (χ1v) is 8.80. The second-order valence-corrected chi connectivity index (χ2v) is 7.40. The van der Waals surface area contributed by atoms with Gasteiger partial charge in [-0.25, -0.2) is 0 Å². The zero-order chi connectivity index (χ0) is 14.5. The Morgan fingerprint density at radius 1 is 1.00 bits per heavy atom. The van der Waals surface area contributed by atoms with Gasteiger partial charge < -0.3 is 14.7 Å². The molecule has 118 valence electrons. The topological polar surface area (TPSA) is 32.7 Å². The number of hydrogen-bond donors (Lipinski definition) is 2. The van der Waals surface area contributed by atoms with Crippen molar-refractivity contribution in [3.05, 3.63) is 0 Å². The molecule has 3 nitrogen and oxygen atoms in total. The molecule has 20 heavy (non-hydrogen) atoms. The average molecular weight is 301 g/mol. The van der Waals surface area contributed by atoms with Crippen molar-refractivity contribution in [1.29, 1.82) is 0 Å². The van der Waals surface area contributed by atoms with Gasteiger partial charge in [-0.3, -0.25) is 0 Å². The van der Waals surface area contributed by atoms with Gasteiger partial charge in [-0.1, -0.05) is 25.7 Å². The minimum Gasteiger partial charge on any atom is -0.388 e. The highest BCUT2D eigenvalue weighted by atomic mass is 32.1. The molecule has 0 aromatic carbocycles. The van der Waals surface area contributed by atoms with Crippen molar-refractivity contribution >= 4 is 12.6 Å². The Morgan fingerprint density at radius 3 is 2.15 bits per heavy atom. The second kappa shape index (κ2) is 7.48. The molecule has 1 N–H and O–H groups in total. The van der Waals surface area contributed by atoms with Gasteiger partial charge in [0.25, 0.3) is 0 Å². The van der Waals surface area contributed by atoms with E-state index >= 15 is 0 Å². The van der Waals surface area contributed by atoms with Crippen LogP contribution in [0.3, 0.4) is 0 Å². The molecule has 1 saturated heterocycles. The molecule has 1 aliphatic heterocycles. The summed E-state index contributed by atoms with van der Waals surface area (Å²) < 4.78 is 5.36. The first-order valence-electron chi connectivity index (χ1n) is 8.17. The second-order valence-electron chi connectivity index (χ2n) is 7.08. The highest BCUT2D eigenvalue weighted by Crippen LogP contribution is 2.37. The van der Waals surface area contributed by atoms with Gasteiger partial charge in [0, 0.05) is 39.1 Å². The molecule has 2 fully saturated rings. The summed E-state index contributed by atoms with van der Waals surface area (Å²) in [6.45, 7) is 3.23. The zero-order valence-corrected chi connectivity index (χ0v) is 13.8. The lowest BCUT2D eigenvalue weighted by Gasteiger charge is -2.40. The van der Waals surface area contributed by atoms with Crippen LogP contribution in [0.5, 0.6) is 0 Å². The van der Waals surface area contributed by atoms with Gasteiger partial charge in [-0.05, 0) is 31.1 Å². The van der Waals surface area contributed by atoms with Crippen molar-refractivity contribution in [2.75, 3.05) is 39.1 Å². The van der Waals surface area contributed by atoms with Crippen molar-refractivity contribution in [2.45, 2.75) is 57.0 Å². The van der Waals surface area contributed by atoms with E-state index in [2.05, 4.69) is 24.6 Å². The Morgan fingerprint density at radius 2 is 1.60 bits per heavy atom. The van der Waals surface area contributed by atoms with E-state index < -0.39 is 5.60 Å². The maximum absolute atomic E-state index is 10.6. The van der Waals surface area contributed by atoms with E-state index in [1.165, 1.54) is 38.5 Å². The molecule has 0 unspecified atom stereocenters. The SMILES string of the molecule is CN(CC1(O)CCOCC1)CC1(CS)CCCCCC1. The standard InChI is InChI=1S/C16H31NO2S/c1-17(13-16(18)8-10-19-11-9-16)12-15(14-20)6-4-2-3-5-7-15/h18,20H,2-14H2,1H3. The summed E-state index contributed by atoms with van der Waals surface area (Å²) in [4.78, 5) is 2.34. The van der Waals surface area contributed by atoms with Crippen LogP contribution in [0, 0.1) is 5.41 Å². The van der Waals surface area contributed by atoms with Gasteiger partial charge in [-0.15, -0.1) is 0 Å². The molecule has 2 rings (SSSR count). The summed E-state index contributed by atoms with van der Waals surface area (Å²) in [6.07, 6.45) is 9.56. The highest BCUT2D eigenvalue weighted by molar-refractivity contribution is 7.80. The summed E-state index contributed by atoms with van der Waals surface area (Å²) in [5, 5.41) is 10.6. The molecule has 0 radical (unpaired) electrons. The maximum Gasteiger partial charge on any atom is 0.0817 e. The Bertz CT molecular complexity index is 284. The van der Waals surface area contributed by atoms with E-state index in [0.29, 0.717) is 18.6 Å². The van der Waals surface area contributed by atoms with Crippen molar-refractivity contribution < 1.29 is 9.84 Å². The van der Waals surface area contributed by atoms with Gasteiger partial charge in [0.1, 0.15) is 0 Å². The summed E-state index contributed by atoms with van der Waals surface area (Å²) >= 11 is 4.65. The molecule has 0 aromatic heterocycles. The van der Waals surface area contributed by atoms with E-state index in [1.807, 2.05) is 0 Å². The predicted molar refractivity (Wildman–Crippen MR) is 86.5 cm³/mol. The lowest BCUT2D eigenvalue weighted by Crippen LogP contribution is -2.48. The summed E-state index contributed by atoms with van der Waals surface area (Å²) in [6, 6.07) is 0. The van der Waals surface area contributed by atoms with Gasteiger partial charge in [0.2, 0.25) is 0 Å². The molecular weight excluding hydrogens is 270 g/mol. The maximum atomic E-state index is 10.6. The minimum atomic E-state index is -0.546. The van der Waals surface area contributed by atoms with E-state index in [9.17, 15) is 5.11 Å². The molecule has 1 heterocycles. The van der Waals surface area contributed by atoms with Crippen LogP contribution >= 0.6 is 12.6 Å². The van der Waals surface area contributed by atoms with Gasteiger partial charge in [0.15, 0.2) is 0 Å². The number of rotatable bonds is 5. The van der Waals surface area contributed by atoms with Crippen molar-refractivity contribution in [1.82, 2.24) is 4.90 Å². The van der Waals surface area contributed by atoms with Crippen LogP contribution in [0.2, 0.25) is 0 Å². The van der Waals surface area contributed by atoms with Crippen molar-refractivity contribution in [3.63, 3.8) is 0 Å². The van der Waals surface area contributed by atoms with Crippen LogP contribution < -0.4 is 0 Å². The quantitative estimate of drug-likeness (QED) is 0.605. The van der Waals surface area contributed by atoms with Crippen LogP contribution in [0.1, 0.15) is 51.4 Å².